The third-order valence-corrected chi connectivity index (χ3v) is 4.35. The van der Waals surface area contributed by atoms with E-state index < -0.39 is 17.4 Å². The lowest BCUT2D eigenvalue weighted by molar-refractivity contribution is -0.144. The zero-order chi connectivity index (χ0) is 21.7. The van der Waals surface area contributed by atoms with Gasteiger partial charge in [-0.25, -0.2) is 4.79 Å². The summed E-state index contributed by atoms with van der Waals surface area (Å²) in [5.41, 5.74) is 0.0402. The molecule has 0 unspecified atom stereocenters. The molecule has 0 fully saturated rings. The molecule has 0 spiro atoms. The van der Waals surface area contributed by atoms with Crippen LogP contribution in [0.1, 0.15) is 52.5 Å². The Bertz CT molecular complexity index is 744. The fourth-order valence-corrected chi connectivity index (χ4v) is 2.55. The van der Waals surface area contributed by atoms with E-state index in [2.05, 4.69) is 11.2 Å². The Balaban J connectivity index is 2.66. The van der Waals surface area contributed by atoms with Gasteiger partial charge in [0, 0.05) is 6.08 Å². The van der Waals surface area contributed by atoms with Crippen molar-refractivity contribution in [1.29, 1.82) is 0 Å². The van der Waals surface area contributed by atoms with Gasteiger partial charge in [0.1, 0.15) is 5.54 Å². The standard InChI is InChI=1S/C23H31NO5/c1-6-15-28-19-13-11-18(16-20(19)27-10-5)12-14-22(26)29-17-21(25)24-23(7-2,8-3)9-4/h2,11-14,16H,6,8-10,15,17H2,1,3-5H3,(H,24,25)/b14-12+. The molecule has 0 aliphatic rings. The number of nitrogens with one attached hydrogen (secondary N) is 1. The maximum atomic E-state index is 12.0. The molecule has 1 aromatic carbocycles. The Labute approximate surface area is 173 Å². The molecule has 0 radical (unpaired) electrons. The first-order chi connectivity index (χ1) is 13.9. The average molecular weight is 402 g/mol. The molecule has 1 rings (SSSR count). The minimum atomic E-state index is -0.712. The van der Waals surface area contributed by atoms with Gasteiger partial charge in [0.2, 0.25) is 0 Å². The molecule has 0 atom stereocenters. The van der Waals surface area contributed by atoms with Crippen molar-refractivity contribution in [3.63, 3.8) is 0 Å². The van der Waals surface area contributed by atoms with Crippen molar-refractivity contribution >= 4 is 18.0 Å². The van der Waals surface area contributed by atoms with Gasteiger partial charge in [0.25, 0.3) is 5.91 Å². The Kier molecular flexibility index (Phi) is 10.4. The number of carbonyl (C=O) groups excluding carboxylic acids is 2. The van der Waals surface area contributed by atoms with Crippen LogP contribution in [0.15, 0.2) is 24.3 Å². The summed E-state index contributed by atoms with van der Waals surface area (Å²) in [7, 11) is 0. The largest absolute Gasteiger partial charge is 0.490 e. The van der Waals surface area contributed by atoms with E-state index in [-0.39, 0.29) is 6.61 Å². The maximum absolute atomic E-state index is 12.0. The van der Waals surface area contributed by atoms with E-state index in [4.69, 9.17) is 20.6 Å². The molecule has 29 heavy (non-hydrogen) atoms. The summed E-state index contributed by atoms with van der Waals surface area (Å²) in [5.74, 6) is 2.83. The number of terminal acetylenes is 1. The predicted molar refractivity (Wildman–Crippen MR) is 114 cm³/mol. The molecular formula is C23H31NO5. The summed E-state index contributed by atoms with van der Waals surface area (Å²) >= 11 is 0. The highest BCUT2D eigenvalue weighted by molar-refractivity contribution is 5.89. The minimum absolute atomic E-state index is 0.388. The van der Waals surface area contributed by atoms with E-state index in [0.29, 0.717) is 37.6 Å². The summed E-state index contributed by atoms with van der Waals surface area (Å²) in [4.78, 5) is 23.9. The Morgan fingerprint density at radius 3 is 2.45 bits per heavy atom. The van der Waals surface area contributed by atoms with Crippen LogP contribution in [0.4, 0.5) is 0 Å². The topological polar surface area (TPSA) is 73.9 Å². The number of carbonyl (C=O) groups is 2. The van der Waals surface area contributed by atoms with Gasteiger partial charge in [-0.3, -0.25) is 4.79 Å². The highest BCUT2D eigenvalue weighted by Crippen LogP contribution is 2.29. The van der Waals surface area contributed by atoms with Crippen LogP contribution in [0.5, 0.6) is 11.5 Å². The lowest BCUT2D eigenvalue weighted by Gasteiger charge is -2.26. The van der Waals surface area contributed by atoms with Crippen LogP contribution in [-0.2, 0) is 14.3 Å². The molecule has 1 N–H and O–H groups in total. The maximum Gasteiger partial charge on any atom is 0.331 e. The second-order valence-electron chi connectivity index (χ2n) is 6.41. The number of hydrogen-bond acceptors (Lipinski definition) is 5. The minimum Gasteiger partial charge on any atom is -0.490 e. The predicted octanol–water partition coefficient (Wildman–Crippen LogP) is 3.74. The molecule has 158 valence electrons. The summed E-state index contributed by atoms with van der Waals surface area (Å²) in [6.07, 6.45) is 10.5. The van der Waals surface area contributed by atoms with Gasteiger partial charge in [-0.1, -0.05) is 32.8 Å². The monoisotopic (exact) mass is 401 g/mol. The number of benzene rings is 1. The van der Waals surface area contributed by atoms with Gasteiger partial charge < -0.3 is 19.5 Å². The molecule has 0 aliphatic carbocycles. The van der Waals surface area contributed by atoms with Gasteiger partial charge in [-0.2, -0.15) is 0 Å². The first-order valence-corrected chi connectivity index (χ1v) is 9.96. The summed E-state index contributed by atoms with van der Waals surface area (Å²) in [6, 6.07) is 5.40. The van der Waals surface area contributed by atoms with Crippen molar-refractivity contribution in [3.8, 4) is 23.8 Å². The molecule has 6 nitrogen and oxygen atoms in total. The van der Waals surface area contributed by atoms with Crippen molar-refractivity contribution in [3.05, 3.63) is 29.8 Å². The van der Waals surface area contributed by atoms with E-state index in [0.717, 1.165) is 12.0 Å². The van der Waals surface area contributed by atoms with E-state index >= 15 is 0 Å². The van der Waals surface area contributed by atoms with Gasteiger partial charge in [-0.05, 0) is 50.0 Å². The normalized spacial score (nSPS) is 11.0. The van der Waals surface area contributed by atoms with Crippen molar-refractivity contribution < 1.29 is 23.8 Å². The molecule has 0 aromatic heterocycles. The first kappa shape index (κ1) is 24.1. The molecule has 0 heterocycles. The second-order valence-corrected chi connectivity index (χ2v) is 6.41. The Hall–Kier alpha value is -2.94. The van der Waals surface area contributed by atoms with Gasteiger partial charge in [0.15, 0.2) is 18.1 Å². The zero-order valence-corrected chi connectivity index (χ0v) is 17.7. The molecule has 0 bridgehead atoms. The number of hydrogen-bond donors (Lipinski definition) is 1. The molecule has 0 saturated heterocycles. The van der Waals surface area contributed by atoms with Gasteiger partial charge >= 0.3 is 5.97 Å². The molecular weight excluding hydrogens is 370 g/mol. The van der Waals surface area contributed by atoms with Gasteiger partial charge in [-0.15, -0.1) is 6.42 Å². The Morgan fingerprint density at radius 1 is 1.14 bits per heavy atom. The molecule has 0 saturated carbocycles. The van der Waals surface area contributed by atoms with Crippen molar-refractivity contribution in [2.75, 3.05) is 19.8 Å². The van der Waals surface area contributed by atoms with Crippen molar-refractivity contribution in [2.45, 2.75) is 52.5 Å². The second kappa shape index (κ2) is 12.5. The third-order valence-electron chi connectivity index (χ3n) is 4.35. The van der Waals surface area contributed by atoms with Crippen LogP contribution < -0.4 is 14.8 Å². The highest BCUT2D eigenvalue weighted by atomic mass is 16.5. The molecule has 6 heteroatoms. The number of amides is 1. The van der Waals surface area contributed by atoms with E-state index in [1.54, 1.807) is 18.2 Å². The van der Waals surface area contributed by atoms with Crippen LogP contribution in [0, 0.1) is 12.3 Å². The molecule has 1 amide bonds. The lowest BCUT2D eigenvalue weighted by atomic mass is 9.94. The van der Waals surface area contributed by atoms with Crippen LogP contribution in [0.25, 0.3) is 6.08 Å². The van der Waals surface area contributed by atoms with Crippen LogP contribution in [0.3, 0.4) is 0 Å². The van der Waals surface area contributed by atoms with E-state index in [9.17, 15) is 9.59 Å². The van der Waals surface area contributed by atoms with Crippen LogP contribution in [0.2, 0.25) is 0 Å². The molecule has 0 aliphatic heterocycles. The summed E-state index contributed by atoms with van der Waals surface area (Å²) < 4.78 is 16.2. The van der Waals surface area contributed by atoms with Crippen molar-refractivity contribution in [1.82, 2.24) is 5.32 Å². The van der Waals surface area contributed by atoms with Crippen LogP contribution in [-0.4, -0.2) is 37.2 Å². The lowest BCUT2D eigenvalue weighted by Crippen LogP contribution is -2.48. The van der Waals surface area contributed by atoms with E-state index in [1.807, 2.05) is 33.8 Å². The third kappa shape index (κ3) is 7.90. The fraction of sp³-hybridized carbons (Fsp3) is 0.478. The molecule has 1 aromatic rings. The van der Waals surface area contributed by atoms with E-state index in [1.165, 1.54) is 6.08 Å². The number of rotatable bonds is 12. The van der Waals surface area contributed by atoms with Crippen LogP contribution >= 0.6 is 0 Å². The smallest absolute Gasteiger partial charge is 0.331 e. The summed E-state index contributed by atoms with van der Waals surface area (Å²) in [5, 5.41) is 2.75. The quantitative estimate of drug-likeness (QED) is 0.328. The number of esters is 1. The van der Waals surface area contributed by atoms with Gasteiger partial charge in [0.05, 0.1) is 13.2 Å². The average Bonchev–Trinajstić information content (AvgIpc) is 2.74. The SMILES string of the molecule is C#CC(CC)(CC)NC(=O)COC(=O)/C=C/c1ccc(OCCC)c(OCC)c1. The first-order valence-electron chi connectivity index (χ1n) is 9.96. The number of ether oxygens (including phenoxy) is 3. The fourth-order valence-electron chi connectivity index (χ4n) is 2.55. The van der Waals surface area contributed by atoms with Crippen molar-refractivity contribution in [2.24, 2.45) is 0 Å². The zero-order valence-electron chi connectivity index (χ0n) is 17.7. The highest BCUT2D eigenvalue weighted by Gasteiger charge is 2.25. The summed E-state index contributed by atoms with van der Waals surface area (Å²) in [6.45, 7) is 8.42. The Morgan fingerprint density at radius 2 is 1.86 bits per heavy atom.